The molecule has 3 aromatic carbocycles. The van der Waals surface area contributed by atoms with Crippen LogP contribution >= 0.6 is 0 Å². The Labute approximate surface area is 184 Å². The van der Waals surface area contributed by atoms with Crippen molar-refractivity contribution in [1.29, 1.82) is 0 Å². The average Bonchev–Trinajstić information content (AvgIpc) is 3.01. The number of hydrogen-bond donors (Lipinski definition) is 1. The predicted molar refractivity (Wildman–Crippen MR) is 114 cm³/mol. The zero-order chi connectivity index (χ0) is 22.7. The SMILES string of the molecule is O=C(NCc1ccccc1F)c1ccc2c(c1)CN(S(=O)(=O)c1ccccc1F)CCO2. The molecule has 0 atom stereocenters. The highest BCUT2D eigenvalue weighted by atomic mass is 32.2. The van der Waals surface area contributed by atoms with Gasteiger partial charge in [-0.05, 0) is 36.4 Å². The third-order valence-corrected chi connectivity index (χ3v) is 7.00. The van der Waals surface area contributed by atoms with Gasteiger partial charge in [0.25, 0.3) is 5.91 Å². The molecule has 1 N–H and O–H groups in total. The van der Waals surface area contributed by atoms with Crippen LogP contribution < -0.4 is 10.1 Å². The number of ether oxygens (including phenoxy) is 1. The van der Waals surface area contributed by atoms with Gasteiger partial charge >= 0.3 is 0 Å². The highest BCUT2D eigenvalue weighted by Gasteiger charge is 2.30. The molecule has 0 unspecified atom stereocenters. The topological polar surface area (TPSA) is 75.7 Å². The van der Waals surface area contributed by atoms with Gasteiger partial charge in [-0.1, -0.05) is 30.3 Å². The molecule has 0 spiro atoms. The minimum atomic E-state index is -4.11. The summed E-state index contributed by atoms with van der Waals surface area (Å²) in [5, 5.41) is 2.65. The van der Waals surface area contributed by atoms with Gasteiger partial charge < -0.3 is 10.1 Å². The number of carbonyl (C=O) groups excluding carboxylic acids is 1. The number of nitrogens with zero attached hydrogens (tertiary/aromatic N) is 1. The van der Waals surface area contributed by atoms with Crippen molar-refractivity contribution < 1.29 is 26.7 Å². The van der Waals surface area contributed by atoms with Crippen LogP contribution in [0.5, 0.6) is 5.75 Å². The minimum absolute atomic E-state index is 0.00683. The fourth-order valence-electron chi connectivity index (χ4n) is 3.43. The maximum Gasteiger partial charge on any atom is 0.251 e. The van der Waals surface area contributed by atoms with Crippen molar-refractivity contribution in [1.82, 2.24) is 9.62 Å². The van der Waals surface area contributed by atoms with Crippen molar-refractivity contribution in [3.63, 3.8) is 0 Å². The van der Waals surface area contributed by atoms with Gasteiger partial charge in [0.1, 0.15) is 28.9 Å². The Balaban J connectivity index is 1.55. The summed E-state index contributed by atoms with van der Waals surface area (Å²) in [5.41, 5.74) is 1.09. The standard InChI is InChI=1S/C23H20F2N2O4S/c24-19-6-2-1-5-17(19)14-26-23(28)16-9-10-21-18(13-16)15-27(11-12-31-21)32(29,30)22-8-4-3-7-20(22)25/h1-10,13H,11-12,14-15H2,(H,26,28). The summed E-state index contributed by atoms with van der Waals surface area (Å²) >= 11 is 0. The van der Waals surface area contributed by atoms with E-state index >= 15 is 0 Å². The largest absolute Gasteiger partial charge is 0.492 e. The number of hydrogen-bond acceptors (Lipinski definition) is 4. The second kappa shape index (κ2) is 9.05. The van der Waals surface area contributed by atoms with Gasteiger partial charge in [0.15, 0.2) is 0 Å². The Morgan fingerprint density at radius 1 is 1.00 bits per heavy atom. The van der Waals surface area contributed by atoms with E-state index in [1.165, 1.54) is 30.3 Å². The lowest BCUT2D eigenvalue weighted by Crippen LogP contribution is -2.33. The summed E-state index contributed by atoms with van der Waals surface area (Å²) in [5.74, 6) is -1.25. The lowest BCUT2D eigenvalue weighted by atomic mass is 10.1. The zero-order valence-electron chi connectivity index (χ0n) is 16.9. The number of amides is 1. The number of nitrogens with one attached hydrogen (secondary N) is 1. The van der Waals surface area contributed by atoms with Crippen molar-refractivity contribution in [3.05, 3.63) is 95.1 Å². The first kappa shape index (κ1) is 21.9. The molecule has 6 nitrogen and oxygen atoms in total. The molecule has 1 heterocycles. The number of fused-ring (bicyclic) bond motifs is 1. The average molecular weight is 458 g/mol. The second-order valence-corrected chi connectivity index (χ2v) is 9.12. The molecule has 4 rings (SSSR count). The summed E-state index contributed by atoms with van der Waals surface area (Å²) in [6, 6.07) is 16.0. The quantitative estimate of drug-likeness (QED) is 0.635. The molecule has 0 fully saturated rings. The molecule has 0 radical (unpaired) electrons. The van der Waals surface area contributed by atoms with E-state index in [0.29, 0.717) is 16.9 Å². The fraction of sp³-hybridized carbons (Fsp3) is 0.174. The maximum absolute atomic E-state index is 14.1. The van der Waals surface area contributed by atoms with E-state index in [0.717, 1.165) is 10.4 Å². The third kappa shape index (κ3) is 4.49. The van der Waals surface area contributed by atoms with Crippen LogP contribution in [0.25, 0.3) is 0 Å². The van der Waals surface area contributed by atoms with Crippen LogP contribution in [0.2, 0.25) is 0 Å². The van der Waals surface area contributed by atoms with Crippen LogP contribution in [0.4, 0.5) is 8.78 Å². The Hall–Kier alpha value is -3.30. The van der Waals surface area contributed by atoms with Gasteiger partial charge in [-0.25, -0.2) is 17.2 Å². The second-order valence-electron chi connectivity index (χ2n) is 7.21. The van der Waals surface area contributed by atoms with Crippen LogP contribution in [0.3, 0.4) is 0 Å². The molecule has 0 aromatic heterocycles. The number of sulfonamides is 1. The summed E-state index contributed by atoms with van der Waals surface area (Å²) in [4.78, 5) is 12.2. The monoisotopic (exact) mass is 458 g/mol. The first-order valence-electron chi connectivity index (χ1n) is 9.88. The minimum Gasteiger partial charge on any atom is -0.492 e. The molecule has 32 heavy (non-hydrogen) atoms. The van der Waals surface area contributed by atoms with Gasteiger partial charge in [0.2, 0.25) is 10.0 Å². The first-order valence-corrected chi connectivity index (χ1v) is 11.3. The zero-order valence-corrected chi connectivity index (χ0v) is 17.7. The highest BCUT2D eigenvalue weighted by molar-refractivity contribution is 7.89. The number of rotatable bonds is 5. The summed E-state index contributed by atoms with van der Waals surface area (Å²) in [6.45, 7) is 0.0347. The number of carbonyl (C=O) groups is 1. The predicted octanol–water partition coefficient (Wildman–Crippen LogP) is 3.48. The van der Waals surface area contributed by atoms with E-state index in [4.69, 9.17) is 4.74 Å². The fourth-order valence-corrected chi connectivity index (χ4v) is 4.90. The van der Waals surface area contributed by atoms with Gasteiger partial charge in [-0.3, -0.25) is 4.79 Å². The van der Waals surface area contributed by atoms with Crippen molar-refractivity contribution in [2.24, 2.45) is 0 Å². The van der Waals surface area contributed by atoms with Gasteiger partial charge in [0, 0.05) is 36.3 Å². The van der Waals surface area contributed by atoms with E-state index in [9.17, 15) is 22.0 Å². The molecule has 0 saturated heterocycles. The van der Waals surface area contributed by atoms with E-state index < -0.39 is 32.5 Å². The van der Waals surface area contributed by atoms with E-state index in [-0.39, 0.29) is 31.8 Å². The van der Waals surface area contributed by atoms with Crippen LogP contribution in [0, 0.1) is 11.6 Å². The van der Waals surface area contributed by atoms with Crippen LogP contribution in [0.1, 0.15) is 21.5 Å². The molecule has 1 amide bonds. The van der Waals surface area contributed by atoms with Crippen molar-refractivity contribution >= 4 is 15.9 Å². The lowest BCUT2D eigenvalue weighted by Gasteiger charge is -2.20. The van der Waals surface area contributed by atoms with Crippen molar-refractivity contribution in [3.8, 4) is 5.75 Å². The van der Waals surface area contributed by atoms with Crippen LogP contribution in [-0.2, 0) is 23.1 Å². The molecule has 0 bridgehead atoms. The highest BCUT2D eigenvalue weighted by Crippen LogP contribution is 2.28. The lowest BCUT2D eigenvalue weighted by molar-refractivity contribution is 0.0950. The molecule has 0 saturated carbocycles. The first-order chi connectivity index (χ1) is 15.4. The summed E-state index contributed by atoms with van der Waals surface area (Å²) in [7, 11) is -4.11. The van der Waals surface area contributed by atoms with E-state index in [2.05, 4.69) is 5.32 Å². The Morgan fingerprint density at radius 2 is 1.72 bits per heavy atom. The van der Waals surface area contributed by atoms with Gasteiger partial charge in [0.05, 0.1) is 0 Å². The van der Waals surface area contributed by atoms with Crippen molar-refractivity contribution in [2.75, 3.05) is 13.2 Å². The molecular weight excluding hydrogens is 438 g/mol. The smallest absolute Gasteiger partial charge is 0.251 e. The van der Waals surface area contributed by atoms with Crippen LogP contribution in [-0.4, -0.2) is 31.8 Å². The number of benzene rings is 3. The third-order valence-electron chi connectivity index (χ3n) is 5.12. The van der Waals surface area contributed by atoms with E-state index in [1.54, 1.807) is 30.3 Å². The number of halogens is 2. The normalized spacial score (nSPS) is 14.2. The Morgan fingerprint density at radius 3 is 2.47 bits per heavy atom. The Bertz CT molecular complexity index is 1260. The molecular formula is C23H20F2N2O4S. The Kier molecular flexibility index (Phi) is 6.20. The van der Waals surface area contributed by atoms with Gasteiger partial charge in [-0.2, -0.15) is 4.31 Å². The molecule has 1 aliphatic heterocycles. The van der Waals surface area contributed by atoms with Crippen LogP contribution in [0.15, 0.2) is 71.6 Å². The molecule has 166 valence electrons. The molecule has 1 aliphatic rings. The van der Waals surface area contributed by atoms with Gasteiger partial charge in [-0.15, -0.1) is 0 Å². The molecule has 3 aromatic rings. The summed E-state index contributed by atoms with van der Waals surface area (Å²) in [6.07, 6.45) is 0. The maximum atomic E-state index is 14.1. The van der Waals surface area contributed by atoms with E-state index in [1.807, 2.05) is 0 Å². The molecule has 9 heteroatoms. The van der Waals surface area contributed by atoms with Crippen molar-refractivity contribution in [2.45, 2.75) is 18.0 Å². The summed E-state index contributed by atoms with van der Waals surface area (Å²) < 4.78 is 60.7. The molecule has 0 aliphatic carbocycles.